The molecule has 0 aliphatic rings. The molecule has 4 N–H and O–H groups in total. The summed E-state index contributed by atoms with van der Waals surface area (Å²) < 4.78 is 5.06. The number of primary amides is 1. The normalized spacial score (nSPS) is 12.2. The van der Waals surface area contributed by atoms with Crippen molar-refractivity contribution in [2.75, 3.05) is 20.8 Å². The van der Waals surface area contributed by atoms with Crippen molar-refractivity contribution < 1.29 is 9.53 Å². The Morgan fingerprint density at radius 3 is 2.76 bits per heavy atom. The van der Waals surface area contributed by atoms with Gasteiger partial charge in [0.1, 0.15) is 0 Å². The highest BCUT2D eigenvalue weighted by atomic mass is 127. The summed E-state index contributed by atoms with van der Waals surface area (Å²) in [5.74, 6) is 0.252. The molecule has 0 fully saturated rings. The van der Waals surface area contributed by atoms with Crippen molar-refractivity contribution in [3.63, 3.8) is 0 Å². The number of hydrogen-bond acceptors (Lipinski definition) is 3. The van der Waals surface area contributed by atoms with Gasteiger partial charge in [-0.1, -0.05) is 12.1 Å². The largest absolute Gasteiger partial charge is 0.383 e. The molecule has 118 valence electrons. The minimum absolute atomic E-state index is 0. The van der Waals surface area contributed by atoms with Crippen molar-refractivity contribution in [3.8, 4) is 0 Å². The standard InChI is InChI=1S/C14H22N4O2.HI/c1-10(9-20-3)18-14(16-2)17-8-11-5-4-6-12(7-11)13(15)19;/h4-7,10H,8-9H2,1-3H3,(H2,15,19)(H2,16,17,18);1H. The number of benzene rings is 1. The fraction of sp³-hybridized carbons (Fsp3) is 0.429. The Hall–Kier alpha value is -1.35. The van der Waals surface area contributed by atoms with E-state index in [1.807, 2.05) is 13.0 Å². The van der Waals surface area contributed by atoms with Gasteiger partial charge in [-0.05, 0) is 24.6 Å². The van der Waals surface area contributed by atoms with E-state index in [1.54, 1.807) is 32.4 Å². The monoisotopic (exact) mass is 406 g/mol. The SMILES string of the molecule is CN=C(NCc1cccc(C(N)=O)c1)NC(C)COC.I. The first-order valence-electron chi connectivity index (χ1n) is 6.41. The van der Waals surface area contributed by atoms with Crippen LogP contribution in [0.1, 0.15) is 22.8 Å². The lowest BCUT2D eigenvalue weighted by atomic mass is 10.1. The third-order valence-corrected chi connectivity index (χ3v) is 2.69. The minimum Gasteiger partial charge on any atom is -0.383 e. The Bertz CT molecular complexity index is 480. The topological polar surface area (TPSA) is 88.7 Å². The first-order valence-corrected chi connectivity index (χ1v) is 6.41. The highest BCUT2D eigenvalue weighted by molar-refractivity contribution is 14.0. The zero-order valence-corrected chi connectivity index (χ0v) is 14.9. The second-order valence-corrected chi connectivity index (χ2v) is 4.49. The van der Waals surface area contributed by atoms with Gasteiger partial charge in [-0.15, -0.1) is 24.0 Å². The summed E-state index contributed by atoms with van der Waals surface area (Å²) in [5.41, 5.74) is 6.72. The molecule has 1 aromatic carbocycles. The summed E-state index contributed by atoms with van der Waals surface area (Å²) in [6.07, 6.45) is 0. The van der Waals surface area contributed by atoms with Crippen LogP contribution in [0.15, 0.2) is 29.3 Å². The molecule has 0 heterocycles. The number of nitrogens with two attached hydrogens (primary N) is 1. The number of amides is 1. The molecular formula is C14H23IN4O2. The van der Waals surface area contributed by atoms with Crippen molar-refractivity contribution >= 4 is 35.8 Å². The van der Waals surface area contributed by atoms with Crippen LogP contribution in [0.3, 0.4) is 0 Å². The van der Waals surface area contributed by atoms with Crippen LogP contribution in [0, 0.1) is 0 Å². The van der Waals surface area contributed by atoms with Crippen molar-refractivity contribution in [2.24, 2.45) is 10.7 Å². The first-order chi connectivity index (χ1) is 9.56. The van der Waals surface area contributed by atoms with E-state index in [0.717, 1.165) is 5.56 Å². The summed E-state index contributed by atoms with van der Waals surface area (Å²) in [6, 6.07) is 7.34. The van der Waals surface area contributed by atoms with Crippen LogP contribution in [0.2, 0.25) is 0 Å². The van der Waals surface area contributed by atoms with Gasteiger partial charge in [0.2, 0.25) is 5.91 Å². The maximum Gasteiger partial charge on any atom is 0.248 e. The predicted molar refractivity (Wildman–Crippen MR) is 95.0 cm³/mol. The fourth-order valence-corrected chi connectivity index (χ4v) is 1.74. The molecule has 0 spiro atoms. The number of rotatable bonds is 6. The van der Waals surface area contributed by atoms with Gasteiger partial charge in [0.15, 0.2) is 5.96 Å². The van der Waals surface area contributed by atoms with Gasteiger partial charge in [-0.3, -0.25) is 9.79 Å². The molecule has 7 heteroatoms. The van der Waals surface area contributed by atoms with E-state index in [0.29, 0.717) is 24.7 Å². The van der Waals surface area contributed by atoms with Crippen LogP contribution in [-0.4, -0.2) is 38.7 Å². The van der Waals surface area contributed by atoms with Gasteiger partial charge in [0, 0.05) is 32.3 Å². The van der Waals surface area contributed by atoms with Crippen molar-refractivity contribution in [2.45, 2.75) is 19.5 Å². The molecule has 0 bridgehead atoms. The number of halogens is 1. The predicted octanol–water partition coefficient (Wildman–Crippen LogP) is 1.10. The van der Waals surface area contributed by atoms with E-state index in [1.165, 1.54) is 0 Å². The highest BCUT2D eigenvalue weighted by Gasteiger charge is 2.05. The number of methoxy groups -OCH3 is 1. The lowest BCUT2D eigenvalue weighted by Gasteiger charge is -2.17. The lowest BCUT2D eigenvalue weighted by Crippen LogP contribution is -2.43. The molecule has 0 radical (unpaired) electrons. The highest BCUT2D eigenvalue weighted by Crippen LogP contribution is 2.04. The second kappa shape index (κ2) is 10.4. The van der Waals surface area contributed by atoms with Crippen LogP contribution in [-0.2, 0) is 11.3 Å². The smallest absolute Gasteiger partial charge is 0.248 e. The number of hydrogen-bond donors (Lipinski definition) is 3. The number of nitrogens with one attached hydrogen (secondary N) is 2. The molecule has 1 aromatic rings. The Morgan fingerprint density at radius 1 is 1.48 bits per heavy atom. The summed E-state index contributed by atoms with van der Waals surface area (Å²) >= 11 is 0. The fourth-order valence-electron chi connectivity index (χ4n) is 1.74. The maximum atomic E-state index is 11.1. The molecule has 0 aliphatic carbocycles. The molecule has 1 rings (SSSR count). The number of carbonyl (C=O) groups excluding carboxylic acids is 1. The van der Waals surface area contributed by atoms with Crippen LogP contribution in [0.5, 0.6) is 0 Å². The van der Waals surface area contributed by atoms with E-state index in [9.17, 15) is 4.79 Å². The van der Waals surface area contributed by atoms with Crippen LogP contribution in [0.25, 0.3) is 0 Å². The second-order valence-electron chi connectivity index (χ2n) is 4.49. The molecule has 1 amide bonds. The van der Waals surface area contributed by atoms with Crippen LogP contribution >= 0.6 is 24.0 Å². The number of guanidine groups is 1. The first kappa shape index (κ1) is 19.7. The number of ether oxygens (including phenoxy) is 1. The Labute approximate surface area is 142 Å². The van der Waals surface area contributed by atoms with Crippen molar-refractivity contribution in [1.29, 1.82) is 0 Å². The van der Waals surface area contributed by atoms with E-state index in [2.05, 4.69) is 15.6 Å². The van der Waals surface area contributed by atoms with Gasteiger partial charge < -0.3 is 21.1 Å². The maximum absolute atomic E-state index is 11.1. The molecule has 1 unspecified atom stereocenters. The summed E-state index contributed by atoms with van der Waals surface area (Å²) in [4.78, 5) is 15.2. The zero-order chi connectivity index (χ0) is 15.0. The third kappa shape index (κ3) is 7.28. The van der Waals surface area contributed by atoms with Crippen molar-refractivity contribution in [1.82, 2.24) is 10.6 Å². The average molecular weight is 406 g/mol. The van der Waals surface area contributed by atoms with Gasteiger partial charge >= 0.3 is 0 Å². The molecule has 0 aromatic heterocycles. The molecule has 1 atom stereocenters. The van der Waals surface area contributed by atoms with Gasteiger partial charge in [-0.25, -0.2) is 0 Å². The van der Waals surface area contributed by atoms with Gasteiger partial charge in [0.05, 0.1) is 6.61 Å². The number of carbonyl (C=O) groups is 1. The molecule has 0 saturated carbocycles. The van der Waals surface area contributed by atoms with Gasteiger partial charge in [-0.2, -0.15) is 0 Å². The average Bonchev–Trinajstić information content (AvgIpc) is 2.44. The summed E-state index contributed by atoms with van der Waals surface area (Å²) in [7, 11) is 3.36. The lowest BCUT2D eigenvalue weighted by molar-refractivity contribution is 0.1000. The Balaban J connectivity index is 0.00000400. The van der Waals surface area contributed by atoms with E-state index in [-0.39, 0.29) is 30.0 Å². The Morgan fingerprint density at radius 2 is 2.19 bits per heavy atom. The number of nitrogens with zero attached hydrogens (tertiary/aromatic N) is 1. The Kier molecular flexibility index (Phi) is 9.72. The van der Waals surface area contributed by atoms with E-state index in [4.69, 9.17) is 10.5 Å². The van der Waals surface area contributed by atoms with Gasteiger partial charge in [0.25, 0.3) is 0 Å². The van der Waals surface area contributed by atoms with Crippen LogP contribution < -0.4 is 16.4 Å². The van der Waals surface area contributed by atoms with Crippen molar-refractivity contribution in [3.05, 3.63) is 35.4 Å². The van der Waals surface area contributed by atoms with E-state index < -0.39 is 5.91 Å². The third-order valence-electron chi connectivity index (χ3n) is 2.69. The number of aliphatic imine (C=N–C) groups is 1. The zero-order valence-electron chi connectivity index (χ0n) is 12.6. The molecule has 0 saturated heterocycles. The minimum atomic E-state index is -0.428. The molecular weight excluding hydrogens is 383 g/mol. The molecule has 6 nitrogen and oxygen atoms in total. The van der Waals surface area contributed by atoms with Crippen LogP contribution in [0.4, 0.5) is 0 Å². The molecule has 0 aliphatic heterocycles. The quantitative estimate of drug-likeness (QED) is 0.375. The summed E-state index contributed by atoms with van der Waals surface area (Å²) in [5, 5.41) is 6.37. The summed E-state index contributed by atoms with van der Waals surface area (Å²) in [6.45, 7) is 3.16. The van der Waals surface area contributed by atoms with E-state index >= 15 is 0 Å². The molecule has 21 heavy (non-hydrogen) atoms.